The second kappa shape index (κ2) is 4.35. The van der Waals surface area contributed by atoms with Gasteiger partial charge in [0.2, 0.25) is 0 Å². The fraction of sp³-hybridized carbons (Fsp3) is 0.400. The number of nitrogens with one attached hydrogen (secondary N) is 1. The number of rotatable bonds is 3. The van der Waals surface area contributed by atoms with E-state index >= 15 is 0 Å². The van der Waals surface area contributed by atoms with E-state index in [0.717, 1.165) is 0 Å². The van der Waals surface area contributed by atoms with Crippen LogP contribution in [0.25, 0.3) is 0 Å². The van der Waals surface area contributed by atoms with Gasteiger partial charge < -0.3 is 5.32 Å². The van der Waals surface area contributed by atoms with Gasteiger partial charge in [-0.3, -0.25) is 0 Å². The predicted octanol–water partition coefficient (Wildman–Crippen LogP) is 3.44. The molecule has 1 atom stereocenters. The van der Waals surface area contributed by atoms with Gasteiger partial charge in [-0.25, -0.2) is 0 Å². The van der Waals surface area contributed by atoms with Gasteiger partial charge in [-0.1, -0.05) is 18.2 Å². The largest absolute Gasteiger partial charge is 0.391 e. The van der Waals surface area contributed by atoms with Gasteiger partial charge >= 0.3 is 6.18 Å². The summed E-state index contributed by atoms with van der Waals surface area (Å²) >= 11 is 0. The van der Waals surface area contributed by atoms with Crippen LogP contribution < -0.4 is 5.32 Å². The molecule has 1 unspecified atom stereocenters. The van der Waals surface area contributed by atoms with Crippen LogP contribution in [0.2, 0.25) is 0 Å². The minimum absolute atomic E-state index is 0.600. The molecule has 1 aromatic carbocycles. The van der Waals surface area contributed by atoms with Crippen molar-refractivity contribution >= 4 is 5.69 Å². The summed E-state index contributed by atoms with van der Waals surface area (Å²) in [6.07, 6.45) is -4.93. The van der Waals surface area contributed by atoms with Crippen LogP contribution in [-0.4, -0.2) is 12.2 Å². The molecule has 0 aromatic heterocycles. The third-order valence-electron chi connectivity index (χ3n) is 1.72. The van der Waals surface area contributed by atoms with E-state index in [2.05, 4.69) is 5.32 Å². The first-order valence-corrected chi connectivity index (χ1v) is 4.36. The van der Waals surface area contributed by atoms with Crippen LogP contribution in [0.4, 0.5) is 18.9 Å². The minimum atomic E-state index is -4.11. The molecule has 1 aromatic rings. The number of hydrogen-bond acceptors (Lipinski definition) is 1. The molecule has 1 nitrogen and oxygen atoms in total. The summed E-state index contributed by atoms with van der Waals surface area (Å²) in [5.41, 5.74) is 0.712. The van der Waals surface area contributed by atoms with Crippen LogP contribution in [-0.2, 0) is 0 Å². The molecule has 0 radical (unpaired) electrons. The molecule has 0 aliphatic heterocycles. The van der Waals surface area contributed by atoms with Crippen molar-refractivity contribution in [3.63, 3.8) is 0 Å². The van der Waals surface area contributed by atoms with Crippen molar-refractivity contribution in [2.75, 3.05) is 5.32 Å². The van der Waals surface area contributed by atoms with Crippen molar-refractivity contribution in [1.29, 1.82) is 0 Å². The van der Waals surface area contributed by atoms with Crippen LogP contribution >= 0.6 is 0 Å². The Labute approximate surface area is 80.9 Å². The van der Waals surface area contributed by atoms with Gasteiger partial charge in [-0.05, 0) is 19.1 Å². The van der Waals surface area contributed by atoms with Crippen molar-refractivity contribution in [2.45, 2.75) is 25.6 Å². The Kier molecular flexibility index (Phi) is 3.38. The van der Waals surface area contributed by atoms with Gasteiger partial charge in [0.05, 0.1) is 6.42 Å². The van der Waals surface area contributed by atoms with Gasteiger partial charge in [-0.2, -0.15) is 13.2 Å². The number of halogens is 3. The van der Waals surface area contributed by atoms with E-state index < -0.39 is 18.6 Å². The molecule has 1 N–H and O–H groups in total. The molecule has 0 bridgehead atoms. The quantitative estimate of drug-likeness (QED) is 0.793. The van der Waals surface area contributed by atoms with E-state index in [1.54, 1.807) is 24.3 Å². The fourth-order valence-electron chi connectivity index (χ4n) is 1.22. The zero-order chi connectivity index (χ0) is 10.6. The highest BCUT2D eigenvalue weighted by molar-refractivity contribution is 5.43. The Morgan fingerprint density at radius 3 is 2.29 bits per heavy atom. The lowest BCUT2D eigenvalue weighted by Crippen LogP contribution is -2.23. The molecule has 78 valence electrons. The molecular weight excluding hydrogens is 191 g/mol. The lowest BCUT2D eigenvalue weighted by molar-refractivity contribution is -0.136. The molecule has 0 amide bonds. The highest BCUT2D eigenvalue weighted by atomic mass is 19.4. The first-order chi connectivity index (χ1) is 6.47. The summed E-state index contributed by atoms with van der Waals surface area (Å²) < 4.78 is 35.9. The lowest BCUT2D eigenvalue weighted by Gasteiger charge is -2.16. The third-order valence-corrected chi connectivity index (χ3v) is 1.72. The molecule has 14 heavy (non-hydrogen) atoms. The zero-order valence-corrected chi connectivity index (χ0v) is 7.81. The second-order valence-corrected chi connectivity index (χ2v) is 3.23. The molecule has 0 heterocycles. The second-order valence-electron chi connectivity index (χ2n) is 3.23. The highest BCUT2D eigenvalue weighted by Gasteiger charge is 2.29. The molecular formula is C10H12F3N. The summed E-state index contributed by atoms with van der Waals surface area (Å²) in [6, 6.07) is 8.27. The average Bonchev–Trinajstić information content (AvgIpc) is 2.02. The van der Waals surface area contributed by atoms with Crippen molar-refractivity contribution in [3.8, 4) is 0 Å². The van der Waals surface area contributed by atoms with E-state index in [4.69, 9.17) is 0 Å². The van der Waals surface area contributed by atoms with Crippen LogP contribution in [0.15, 0.2) is 30.3 Å². The minimum Gasteiger partial charge on any atom is -0.382 e. The maximum absolute atomic E-state index is 12.0. The van der Waals surface area contributed by atoms with Crippen molar-refractivity contribution < 1.29 is 13.2 Å². The highest BCUT2D eigenvalue weighted by Crippen LogP contribution is 2.23. The van der Waals surface area contributed by atoms with Gasteiger partial charge in [0.25, 0.3) is 0 Å². The standard InChI is InChI=1S/C10H12F3N/c1-8(7-10(11,12)13)14-9-5-3-2-4-6-9/h2-6,8,14H,7H2,1H3. The van der Waals surface area contributed by atoms with Crippen LogP contribution in [0.3, 0.4) is 0 Å². The van der Waals surface area contributed by atoms with E-state index in [1.807, 2.05) is 6.07 Å². The first-order valence-electron chi connectivity index (χ1n) is 4.36. The van der Waals surface area contributed by atoms with Crippen molar-refractivity contribution in [2.24, 2.45) is 0 Å². The van der Waals surface area contributed by atoms with Gasteiger partial charge in [0, 0.05) is 11.7 Å². The Balaban J connectivity index is 2.46. The van der Waals surface area contributed by atoms with E-state index in [-0.39, 0.29) is 0 Å². The first kappa shape index (κ1) is 10.9. The molecule has 0 saturated heterocycles. The van der Waals surface area contributed by atoms with Crippen molar-refractivity contribution in [1.82, 2.24) is 0 Å². The monoisotopic (exact) mass is 203 g/mol. The van der Waals surface area contributed by atoms with Crippen molar-refractivity contribution in [3.05, 3.63) is 30.3 Å². The van der Waals surface area contributed by atoms with E-state index in [9.17, 15) is 13.2 Å². The Bertz CT molecular complexity index is 268. The topological polar surface area (TPSA) is 12.0 Å². The molecule has 0 aliphatic carbocycles. The Morgan fingerprint density at radius 1 is 1.21 bits per heavy atom. The third kappa shape index (κ3) is 4.16. The summed E-state index contributed by atoms with van der Waals surface area (Å²) in [7, 11) is 0. The van der Waals surface area contributed by atoms with Crippen LogP contribution in [0.5, 0.6) is 0 Å². The average molecular weight is 203 g/mol. The van der Waals surface area contributed by atoms with E-state index in [0.29, 0.717) is 5.69 Å². The molecule has 0 aliphatic rings. The molecule has 0 saturated carbocycles. The summed E-state index contributed by atoms with van der Waals surface area (Å²) in [4.78, 5) is 0. The van der Waals surface area contributed by atoms with E-state index in [1.165, 1.54) is 6.92 Å². The SMILES string of the molecule is CC(CC(F)(F)F)Nc1ccccc1. The summed E-state index contributed by atoms with van der Waals surface area (Å²) in [5.74, 6) is 0. The van der Waals surface area contributed by atoms with Gasteiger partial charge in [0.15, 0.2) is 0 Å². The molecule has 1 rings (SSSR count). The summed E-state index contributed by atoms with van der Waals surface area (Å²) in [5, 5.41) is 2.78. The van der Waals surface area contributed by atoms with Crippen LogP contribution in [0.1, 0.15) is 13.3 Å². The van der Waals surface area contributed by atoms with Gasteiger partial charge in [0.1, 0.15) is 0 Å². The number of alkyl halides is 3. The lowest BCUT2D eigenvalue weighted by atomic mass is 10.2. The number of hydrogen-bond donors (Lipinski definition) is 1. The maximum Gasteiger partial charge on any atom is 0.391 e. The predicted molar refractivity (Wildman–Crippen MR) is 50.2 cm³/mol. The molecule has 0 fully saturated rings. The maximum atomic E-state index is 12.0. The molecule has 0 spiro atoms. The van der Waals surface area contributed by atoms with Crippen LogP contribution in [0, 0.1) is 0 Å². The molecule has 4 heteroatoms. The fourth-order valence-corrected chi connectivity index (χ4v) is 1.22. The Morgan fingerprint density at radius 2 is 1.79 bits per heavy atom. The zero-order valence-electron chi connectivity index (χ0n) is 7.81. The normalized spacial score (nSPS) is 13.7. The smallest absolute Gasteiger partial charge is 0.382 e. The number of anilines is 1. The summed E-state index contributed by atoms with van der Waals surface area (Å²) in [6.45, 7) is 1.51. The number of para-hydroxylation sites is 1. The number of benzene rings is 1. The van der Waals surface area contributed by atoms with Gasteiger partial charge in [-0.15, -0.1) is 0 Å². The Hall–Kier alpha value is -1.19.